The quantitative estimate of drug-likeness (QED) is 0.547. The van der Waals surface area contributed by atoms with Crippen LogP contribution in [0.4, 0.5) is 0 Å². The molecular weight excluding hydrogens is 144 g/mol. The zero-order valence-electron chi connectivity index (χ0n) is 8.35. The molecule has 0 heteroatoms. The van der Waals surface area contributed by atoms with Crippen molar-refractivity contribution in [3.8, 4) is 0 Å². The first-order valence-electron chi connectivity index (χ1n) is 4.32. The van der Waals surface area contributed by atoms with E-state index in [9.17, 15) is 0 Å². The van der Waals surface area contributed by atoms with E-state index in [-0.39, 0.29) is 0 Å². The fourth-order valence-electron chi connectivity index (χ4n) is 1.21. The van der Waals surface area contributed by atoms with E-state index in [1.165, 1.54) is 11.1 Å². The van der Waals surface area contributed by atoms with Crippen molar-refractivity contribution in [2.24, 2.45) is 0 Å². The molecule has 0 N–H and O–H groups in total. The Kier molecular flexibility index (Phi) is 5.11. The fourth-order valence-corrected chi connectivity index (χ4v) is 1.21. The van der Waals surface area contributed by atoms with Gasteiger partial charge in [0.1, 0.15) is 0 Å². The molecule has 0 aromatic carbocycles. The lowest BCUT2D eigenvalue weighted by Gasteiger charge is -2.07. The second-order valence-electron chi connectivity index (χ2n) is 2.67. The lowest BCUT2D eigenvalue weighted by molar-refractivity contribution is 1.09. The largest absolute Gasteiger partial charge is 0.0985 e. The summed E-state index contributed by atoms with van der Waals surface area (Å²) in [5, 5.41) is 0. The fraction of sp³-hybridized carbons (Fsp3) is 0.333. The van der Waals surface area contributed by atoms with E-state index < -0.39 is 0 Å². The molecule has 0 aromatic heterocycles. The van der Waals surface area contributed by atoms with Crippen LogP contribution < -0.4 is 0 Å². The van der Waals surface area contributed by atoms with Gasteiger partial charge < -0.3 is 0 Å². The molecule has 0 rings (SSSR count). The molecule has 0 saturated heterocycles. The third kappa shape index (κ3) is 2.54. The van der Waals surface area contributed by atoms with Gasteiger partial charge in [0.15, 0.2) is 0 Å². The molecule has 0 bridgehead atoms. The minimum Gasteiger partial charge on any atom is -0.0985 e. The molecule has 0 aliphatic heterocycles. The lowest BCUT2D eigenvalue weighted by Crippen LogP contribution is -1.87. The zero-order valence-corrected chi connectivity index (χ0v) is 8.35. The predicted octanol–water partition coefficient (Wildman–Crippen LogP) is 4.03. The maximum absolute atomic E-state index is 3.76. The Hall–Kier alpha value is -1.04. The minimum atomic E-state index is 1.03. The van der Waals surface area contributed by atoms with Gasteiger partial charge in [0.05, 0.1) is 0 Å². The number of hydrogen-bond donors (Lipinski definition) is 0. The van der Waals surface area contributed by atoms with Gasteiger partial charge in [-0.05, 0) is 31.4 Å². The van der Waals surface area contributed by atoms with Crippen molar-refractivity contribution < 1.29 is 0 Å². The highest BCUT2D eigenvalue weighted by Crippen LogP contribution is 2.19. The molecule has 12 heavy (non-hydrogen) atoms. The SMILES string of the molecule is C=CC(C=C)=C(CC)/C(C)=C\C. The number of allylic oxidation sites excluding steroid dienone is 6. The standard InChI is InChI=1S/C12H18/c1-6-10(5)12(9-4)11(7-2)8-3/h6-8H,2-3,9H2,1,4-5H3/b10-6-. The highest BCUT2D eigenvalue weighted by Gasteiger charge is 1.99. The predicted molar refractivity (Wildman–Crippen MR) is 57.1 cm³/mol. The van der Waals surface area contributed by atoms with E-state index in [4.69, 9.17) is 0 Å². The molecule has 0 atom stereocenters. The maximum Gasteiger partial charge on any atom is -0.0234 e. The van der Waals surface area contributed by atoms with E-state index >= 15 is 0 Å². The first-order valence-corrected chi connectivity index (χ1v) is 4.32. The van der Waals surface area contributed by atoms with Gasteiger partial charge in [-0.1, -0.05) is 43.9 Å². The summed E-state index contributed by atoms with van der Waals surface area (Å²) in [7, 11) is 0. The van der Waals surface area contributed by atoms with Gasteiger partial charge in [0.2, 0.25) is 0 Å². The van der Waals surface area contributed by atoms with Gasteiger partial charge in [-0.25, -0.2) is 0 Å². The Morgan fingerprint density at radius 2 is 1.75 bits per heavy atom. The molecule has 0 aliphatic rings. The first-order chi connectivity index (χ1) is 5.71. The van der Waals surface area contributed by atoms with Crippen molar-refractivity contribution >= 4 is 0 Å². The third-order valence-corrected chi connectivity index (χ3v) is 2.05. The molecule has 0 fully saturated rings. The molecule has 0 unspecified atom stereocenters. The Balaban J connectivity index is 5.08. The Morgan fingerprint density at radius 3 is 2.00 bits per heavy atom. The number of rotatable bonds is 4. The van der Waals surface area contributed by atoms with E-state index in [2.05, 4.69) is 40.0 Å². The van der Waals surface area contributed by atoms with E-state index in [0.29, 0.717) is 0 Å². The Labute approximate surface area is 76.0 Å². The Morgan fingerprint density at radius 1 is 1.25 bits per heavy atom. The summed E-state index contributed by atoms with van der Waals surface area (Å²) in [5.41, 5.74) is 3.79. The summed E-state index contributed by atoms with van der Waals surface area (Å²) in [5.74, 6) is 0. The molecule has 0 aliphatic carbocycles. The van der Waals surface area contributed by atoms with Crippen LogP contribution in [0.5, 0.6) is 0 Å². The van der Waals surface area contributed by atoms with Crippen LogP contribution in [0, 0.1) is 0 Å². The van der Waals surface area contributed by atoms with E-state index in [0.717, 1.165) is 12.0 Å². The molecular formula is C12H18. The monoisotopic (exact) mass is 162 g/mol. The van der Waals surface area contributed by atoms with Gasteiger partial charge in [-0.15, -0.1) is 0 Å². The van der Waals surface area contributed by atoms with Gasteiger partial charge in [0.25, 0.3) is 0 Å². The van der Waals surface area contributed by atoms with Crippen LogP contribution in [0.1, 0.15) is 27.2 Å². The smallest absolute Gasteiger partial charge is 0.0234 e. The van der Waals surface area contributed by atoms with Crippen molar-refractivity contribution in [3.63, 3.8) is 0 Å². The lowest BCUT2D eigenvalue weighted by atomic mass is 9.98. The summed E-state index contributed by atoms with van der Waals surface area (Å²) in [6, 6.07) is 0. The molecule has 0 saturated carbocycles. The summed E-state index contributed by atoms with van der Waals surface area (Å²) in [4.78, 5) is 0. The summed E-state index contributed by atoms with van der Waals surface area (Å²) in [6.07, 6.45) is 6.87. The van der Waals surface area contributed by atoms with Gasteiger partial charge in [0, 0.05) is 0 Å². The average molecular weight is 162 g/mol. The van der Waals surface area contributed by atoms with Crippen LogP contribution in [-0.4, -0.2) is 0 Å². The maximum atomic E-state index is 3.76. The second-order valence-corrected chi connectivity index (χ2v) is 2.67. The molecule has 0 nitrogen and oxygen atoms in total. The van der Waals surface area contributed by atoms with Gasteiger partial charge in [-0.2, -0.15) is 0 Å². The average Bonchev–Trinajstić information content (AvgIpc) is 2.12. The molecule has 0 spiro atoms. The first kappa shape index (κ1) is 11.0. The van der Waals surface area contributed by atoms with Crippen LogP contribution in [0.2, 0.25) is 0 Å². The van der Waals surface area contributed by atoms with Crippen molar-refractivity contribution in [1.82, 2.24) is 0 Å². The second kappa shape index (κ2) is 5.59. The van der Waals surface area contributed by atoms with E-state index in [1.54, 1.807) is 0 Å². The number of hydrogen-bond acceptors (Lipinski definition) is 0. The molecule has 0 aromatic rings. The van der Waals surface area contributed by atoms with Crippen molar-refractivity contribution in [2.75, 3.05) is 0 Å². The normalized spacial score (nSPS) is 10.8. The Bertz CT molecular complexity index is 216. The topological polar surface area (TPSA) is 0 Å². The van der Waals surface area contributed by atoms with Gasteiger partial charge in [-0.3, -0.25) is 0 Å². The van der Waals surface area contributed by atoms with Crippen LogP contribution >= 0.6 is 0 Å². The van der Waals surface area contributed by atoms with Gasteiger partial charge >= 0.3 is 0 Å². The molecule has 0 amide bonds. The highest BCUT2D eigenvalue weighted by molar-refractivity contribution is 5.43. The van der Waals surface area contributed by atoms with Crippen LogP contribution in [-0.2, 0) is 0 Å². The van der Waals surface area contributed by atoms with Crippen LogP contribution in [0.3, 0.4) is 0 Å². The highest BCUT2D eigenvalue weighted by atomic mass is 14.0. The van der Waals surface area contributed by atoms with Crippen LogP contribution in [0.15, 0.2) is 48.1 Å². The minimum absolute atomic E-state index is 1.03. The molecule has 66 valence electrons. The van der Waals surface area contributed by atoms with Crippen molar-refractivity contribution in [3.05, 3.63) is 48.1 Å². The zero-order chi connectivity index (χ0) is 9.56. The van der Waals surface area contributed by atoms with Crippen molar-refractivity contribution in [2.45, 2.75) is 27.2 Å². The summed E-state index contributed by atoms with van der Waals surface area (Å²) < 4.78 is 0. The summed E-state index contributed by atoms with van der Waals surface area (Å²) >= 11 is 0. The molecule has 0 heterocycles. The summed E-state index contributed by atoms with van der Waals surface area (Å²) in [6.45, 7) is 13.8. The third-order valence-electron chi connectivity index (χ3n) is 2.05. The van der Waals surface area contributed by atoms with Crippen molar-refractivity contribution in [1.29, 1.82) is 0 Å². The molecule has 0 radical (unpaired) electrons. The van der Waals surface area contributed by atoms with E-state index in [1.807, 2.05) is 12.2 Å². The van der Waals surface area contributed by atoms with Crippen LogP contribution in [0.25, 0.3) is 0 Å².